The Hall–Kier alpha value is -0.530. The molecule has 0 bridgehead atoms. The van der Waals surface area contributed by atoms with Crippen LogP contribution in [0.1, 0.15) is 41.0 Å². The molecule has 0 rings (SSSR count). The van der Waals surface area contributed by atoms with Gasteiger partial charge in [-0.2, -0.15) is 0 Å². The van der Waals surface area contributed by atoms with Gasteiger partial charge in [0.15, 0.2) is 0 Å². The van der Waals surface area contributed by atoms with Gasteiger partial charge in [-0.05, 0) is 12.8 Å². The summed E-state index contributed by atoms with van der Waals surface area (Å²) in [6.45, 7) is 4.97. The second-order valence-corrected chi connectivity index (χ2v) is 2.45. The second-order valence-electron chi connectivity index (χ2n) is 2.45. The van der Waals surface area contributed by atoms with E-state index < -0.39 is 0 Å². The largest absolute Gasteiger partial charge is 0.356 e. The summed E-state index contributed by atoms with van der Waals surface area (Å²) >= 11 is 0. The Labute approximate surface area is 64.5 Å². The molecule has 0 aromatic carbocycles. The maximum absolute atomic E-state index is 10.8. The van der Waals surface area contributed by atoms with E-state index in [1.54, 1.807) is 0 Å². The monoisotopic (exact) mass is 145 g/mol. The molecular formula is C8H19NO. The van der Waals surface area contributed by atoms with Gasteiger partial charge in [-0.15, -0.1) is 0 Å². The quantitative estimate of drug-likeness (QED) is 0.589. The summed E-state index contributed by atoms with van der Waals surface area (Å²) in [4.78, 5) is 10.8. The fourth-order valence-corrected chi connectivity index (χ4v) is 0.720. The van der Waals surface area contributed by atoms with Gasteiger partial charge in [0.1, 0.15) is 0 Å². The minimum absolute atomic E-state index is 0. The zero-order chi connectivity index (χ0) is 7.82. The average Bonchev–Trinajstić information content (AvgIpc) is 1.89. The maximum atomic E-state index is 10.8. The van der Waals surface area contributed by atoms with Gasteiger partial charge in [-0.3, -0.25) is 4.79 Å². The molecule has 0 fully saturated rings. The molecule has 0 saturated heterocycles. The van der Waals surface area contributed by atoms with Crippen LogP contribution in [0.5, 0.6) is 0 Å². The van der Waals surface area contributed by atoms with E-state index in [-0.39, 0.29) is 7.33 Å². The number of carbonyl (C=O) groups excluding carboxylic acids is 1. The zero-order valence-electron chi connectivity index (χ0n) is 6.94. The molecule has 0 aliphatic heterocycles. The van der Waals surface area contributed by atoms with Gasteiger partial charge < -0.3 is 5.32 Å². The molecule has 0 aromatic rings. The minimum atomic E-state index is 0. The molecule has 0 saturated carbocycles. The molecule has 2 heteroatoms. The summed E-state index contributed by atoms with van der Waals surface area (Å²) in [6, 6.07) is 0. The molecule has 0 heterocycles. The smallest absolute Gasteiger partial charge is 0.219 e. The van der Waals surface area contributed by atoms with Crippen LogP contribution in [0.4, 0.5) is 0 Å². The van der Waals surface area contributed by atoms with Crippen molar-refractivity contribution in [3.63, 3.8) is 0 Å². The van der Waals surface area contributed by atoms with Crippen LogP contribution in [-0.4, -0.2) is 12.5 Å². The van der Waals surface area contributed by atoms with Crippen molar-refractivity contribution in [2.75, 3.05) is 6.54 Å². The van der Waals surface area contributed by atoms with E-state index in [9.17, 15) is 4.79 Å². The predicted molar refractivity (Wildman–Crippen MR) is 44.9 cm³/mol. The van der Waals surface area contributed by atoms with Crippen LogP contribution in [0.3, 0.4) is 0 Å². The summed E-state index contributed by atoms with van der Waals surface area (Å²) in [7, 11) is 0. The van der Waals surface area contributed by atoms with Crippen LogP contribution < -0.4 is 5.32 Å². The summed E-state index contributed by atoms with van der Waals surface area (Å²) in [5, 5.41) is 2.85. The Morgan fingerprint density at radius 3 is 2.60 bits per heavy atom. The van der Waals surface area contributed by atoms with Crippen LogP contribution >= 0.6 is 0 Å². The number of carbonyl (C=O) groups is 1. The topological polar surface area (TPSA) is 29.1 Å². The third kappa shape index (κ3) is 5.60. The Balaban J connectivity index is 0. The lowest BCUT2D eigenvalue weighted by Crippen LogP contribution is -2.23. The number of hydrogen-bond acceptors (Lipinski definition) is 1. The van der Waals surface area contributed by atoms with Crippen molar-refractivity contribution in [1.29, 1.82) is 0 Å². The van der Waals surface area contributed by atoms with Crippen LogP contribution in [0.15, 0.2) is 0 Å². The molecule has 0 atom stereocenters. The third-order valence-corrected chi connectivity index (χ3v) is 1.33. The third-order valence-electron chi connectivity index (χ3n) is 1.33. The lowest BCUT2D eigenvalue weighted by atomic mass is 10.3. The molecule has 62 valence electrons. The fraction of sp³-hybridized carbons (Fsp3) is 0.875. The number of nitrogens with one attached hydrogen (secondary N) is 1. The van der Waals surface area contributed by atoms with Crippen molar-refractivity contribution < 1.29 is 6.22 Å². The summed E-state index contributed by atoms with van der Waals surface area (Å²) in [6.07, 6.45) is 3.85. The number of unbranched alkanes of at least 4 members (excludes halogenated alkanes) is 1. The van der Waals surface area contributed by atoms with Crippen LogP contribution in [0.2, 0.25) is 0 Å². The van der Waals surface area contributed by atoms with E-state index in [1.165, 1.54) is 0 Å². The first kappa shape index (κ1) is 9.47. The minimum Gasteiger partial charge on any atom is -0.356 e. The lowest BCUT2D eigenvalue weighted by Gasteiger charge is -2.00. The van der Waals surface area contributed by atoms with Crippen LogP contribution in [0.25, 0.3) is 0 Å². The van der Waals surface area contributed by atoms with Crippen LogP contribution in [0, 0.1) is 0 Å². The molecule has 0 aromatic heterocycles. The highest BCUT2D eigenvalue weighted by Gasteiger charge is 1.95. The molecule has 1 amide bonds. The highest BCUT2D eigenvalue weighted by Crippen LogP contribution is 1.87. The van der Waals surface area contributed by atoms with Crippen molar-refractivity contribution in [3.8, 4) is 0 Å². The van der Waals surface area contributed by atoms with Gasteiger partial charge in [0, 0.05) is 14.4 Å². The Bertz CT molecular complexity index is 96.1. The van der Waals surface area contributed by atoms with Crippen molar-refractivity contribution in [2.24, 2.45) is 0 Å². The molecule has 0 radical (unpaired) electrons. The zero-order valence-corrected chi connectivity index (χ0v) is 6.94. The molecule has 0 unspecified atom stereocenters. The molecule has 0 aliphatic rings. The average molecular weight is 145 g/mol. The molecule has 10 heavy (non-hydrogen) atoms. The molecule has 0 aliphatic carbocycles. The normalized spacial score (nSPS) is 9.40. The molecular weight excluding hydrogens is 126 g/mol. The Kier molecular flexibility index (Phi) is 6.24. The van der Waals surface area contributed by atoms with E-state index >= 15 is 0 Å². The SMILES string of the molecule is CCCCNC(=O)CCC.[HH]. The summed E-state index contributed by atoms with van der Waals surface area (Å²) in [5.41, 5.74) is 0. The van der Waals surface area contributed by atoms with Crippen molar-refractivity contribution in [2.45, 2.75) is 39.5 Å². The van der Waals surface area contributed by atoms with E-state index in [4.69, 9.17) is 0 Å². The second kappa shape index (κ2) is 6.59. The van der Waals surface area contributed by atoms with Gasteiger partial charge in [0.2, 0.25) is 5.91 Å². The van der Waals surface area contributed by atoms with Crippen molar-refractivity contribution in [3.05, 3.63) is 0 Å². The van der Waals surface area contributed by atoms with E-state index in [0.29, 0.717) is 6.42 Å². The first-order valence-electron chi connectivity index (χ1n) is 4.08. The number of rotatable bonds is 5. The van der Waals surface area contributed by atoms with Gasteiger partial charge in [-0.25, -0.2) is 0 Å². The molecule has 2 nitrogen and oxygen atoms in total. The Morgan fingerprint density at radius 1 is 1.40 bits per heavy atom. The highest BCUT2D eigenvalue weighted by molar-refractivity contribution is 5.75. The maximum Gasteiger partial charge on any atom is 0.219 e. The van der Waals surface area contributed by atoms with Crippen LogP contribution in [-0.2, 0) is 4.79 Å². The Morgan fingerprint density at radius 2 is 2.10 bits per heavy atom. The van der Waals surface area contributed by atoms with Gasteiger partial charge >= 0.3 is 0 Å². The van der Waals surface area contributed by atoms with E-state index in [1.807, 2.05) is 6.92 Å². The standard InChI is InChI=1S/C8H17NO.H2/c1-3-5-7-9-8(10)6-4-2;/h3-7H2,1-2H3,(H,9,10);1H. The van der Waals surface area contributed by atoms with E-state index in [2.05, 4.69) is 12.2 Å². The summed E-state index contributed by atoms with van der Waals surface area (Å²) in [5.74, 6) is 0.191. The van der Waals surface area contributed by atoms with Crippen molar-refractivity contribution in [1.82, 2.24) is 5.32 Å². The van der Waals surface area contributed by atoms with E-state index in [0.717, 1.165) is 25.8 Å². The fourth-order valence-electron chi connectivity index (χ4n) is 0.720. The van der Waals surface area contributed by atoms with Gasteiger partial charge in [-0.1, -0.05) is 20.3 Å². The highest BCUT2D eigenvalue weighted by atomic mass is 16.1. The number of hydrogen-bond donors (Lipinski definition) is 1. The number of amides is 1. The molecule has 0 spiro atoms. The van der Waals surface area contributed by atoms with Gasteiger partial charge in [0.05, 0.1) is 0 Å². The van der Waals surface area contributed by atoms with Crippen molar-refractivity contribution >= 4 is 5.91 Å². The predicted octanol–water partition coefficient (Wildman–Crippen LogP) is 1.95. The first-order valence-corrected chi connectivity index (χ1v) is 4.08. The first-order chi connectivity index (χ1) is 4.81. The lowest BCUT2D eigenvalue weighted by molar-refractivity contribution is -0.121. The molecule has 1 N–H and O–H groups in total. The summed E-state index contributed by atoms with van der Waals surface area (Å²) < 4.78 is 0. The van der Waals surface area contributed by atoms with Gasteiger partial charge in [0.25, 0.3) is 0 Å².